The van der Waals surface area contributed by atoms with Gasteiger partial charge < -0.3 is 14.8 Å². The summed E-state index contributed by atoms with van der Waals surface area (Å²) in [6.45, 7) is -0.525. The van der Waals surface area contributed by atoms with Crippen LogP contribution in [0.25, 0.3) is 0 Å². The molecule has 18 heavy (non-hydrogen) atoms. The maximum Gasteiger partial charge on any atom is 0.387 e. The van der Waals surface area contributed by atoms with E-state index in [2.05, 4.69) is 10.1 Å². The summed E-state index contributed by atoms with van der Waals surface area (Å²) in [6.07, 6.45) is 0.757. The molecule has 6 heteroatoms. The minimum Gasteiger partial charge on any atom is -0.432 e. The Bertz CT molecular complexity index is 374. The third-order valence-electron chi connectivity index (χ3n) is 2.32. The molecule has 3 nitrogen and oxygen atoms in total. The molecule has 0 saturated carbocycles. The average molecular weight is 263 g/mol. The summed E-state index contributed by atoms with van der Waals surface area (Å²) in [5, 5.41) is 3.03. The predicted octanol–water partition coefficient (Wildman–Crippen LogP) is 3.26. The number of hydrogen-bond donors (Lipinski definition) is 1. The summed E-state index contributed by atoms with van der Waals surface area (Å²) in [7, 11) is 1.60. The van der Waals surface area contributed by atoms with E-state index in [-0.39, 0.29) is 6.04 Å². The fourth-order valence-corrected chi connectivity index (χ4v) is 1.43. The van der Waals surface area contributed by atoms with Crippen molar-refractivity contribution in [2.24, 2.45) is 0 Å². The molecule has 0 amide bonds. The van der Waals surface area contributed by atoms with Crippen molar-refractivity contribution in [1.29, 1.82) is 0 Å². The first kappa shape index (κ1) is 14.6. The molecular weight excluding hydrogens is 247 g/mol. The van der Waals surface area contributed by atoms with Crippen molar-refractivity contribution in [2.45, 2.75) is 26.0 Å². The number of benzene rings is 1. The summed E-state index contributed by atoms with van der Waals surface area (Å²) in [5.74, 6) is -1.28. The highest BCUT2D eigenvalue weighted by atomic mass is 19.3. The summed E-state index contributed by atoms with van der Waals surface area (Å²) in [4.78, 5) is 0. The van der Waals surface area contributed by atoms with Crippen LogP contribution in [0.5, 0.6) is 5.75 Å². The number of halogens is 3. The molecule has 1 aromatic carbocycles. The molecule has 1 N–H and O–H groups in total. The predicted molar refractivity (Wildman–Crippen MR) is 62.6 cm³/mol. The Balaban J connectivity index is 2.60. The molecule has 0 radical (unpaired) electrons. The zero-order valence-electron chi connectivity index (χ0n) is 10.3. The maximum atomic E-state index is 13.4. The topological polar surface area (TPSA) is 30.5 Å². The monoisotopic (exact) mass is 263 g/mol. The van der Waals surface area contributed by atoms with Gasteiger partial charge in [0.05, 0.1) is 0 Å². The highest BCUT2D eigenvalue weighted by molar-refractivity contribution is 5.47. The normalized spacial score (nSPS) is 12.6. The number of anilines is 1. The molecule has 0 aromatic heterocycles. The van der Waals surface area contributed by atoms with Gasteiger partial charge in [-0.1, -0.05) is 0 Å². The Morgan fingerprint density at radius 3 is 2.61 bits per heavy atom. The van der Waals surface area contributed by atoms with Gasteiger partial charge in [-0.2, -0.15) is 8.78 Å². The van der Waals surface area contributed by atoms with Crippen LogP contribution in [0.15, 0.2) is 18.2 Å². The van der Waals surface area contributed by atoms with Crippen molar-refractivity contribution in [3.05, 3.63) is 24.0 Å². The molecular formula is C12H16F3NO2. The van der Waals surface area contributed by atoms with Crippen LogP contribution in [0.4, 0.5) is 18.9 Å². The molecule has 0 aliphatic heterocycles. The summed E-state index contributed by atoms with van der Waals surface area (Å²) < 4.78 is 46.2. The minimum atomic E-state index is -3.03. The number of nitrogens with one attached hydrogen (secondary N) is 1. The van der Waals surface area contributed by atoms with Crippen molar-refractivity contribution in [1.82, 2.24) is 0 Å². The number of hydrogen-bond acceptors (Lipinski definition) is 3. The van der Waals surface area contributed by atoms with Crippen LogP contribution in [0.1, 0.15) is 13.3 Å². The van der Waals surface area contributed by atoms with Crippen LogP contribution in [0.2, 0.25) is 0 Å². The fraction of sp³-hybridized carbons (Fsp3) is 0.500. The summed E-state index contributed by atoms with van der Waals surface area (Å²) in [6, 6.07) is 3.88. The van der Waals surface area contributed by atoms with Crippen LogP contribution < -0.4 is 10.1 Å². The molecule has 0 fully saturated rings. The molecule has 1 atom stereocenters. The highest BCUT2D eigenvalue weighted by Gasteiger charge is 2.11. The van der Waals surface area contributed by atoms with E-state index in [9.17, 15) is 13.2 Å². The van der Waals surface area contributed by atoms with Gasteiger partial charge in [0.25, 0.3) is 0 Å². The van der Waals surface area contributed by atoms with Gasteiger partial charge >= 0.3 is 6.61 Å². The Morgan fingerprint density at radius 2 is 2.06 bits per heavy atom. The minimum absolute atomic E-state index is 0.0891. The lowest BCUT2D eigenvalue weighted by atomic mass is 10.2. The van der Waals surface area contributed by atoms with E-state index in [1.54, 1.807) is 7.11 Å². The number of alkyl halides is 2. The molecule has 1 unspecified atom stereocenters. The lowest BCUT2D eigenvalue weighted by Gasteiger charge is -2.15. The van der Waals surface area contributed by atoms with E-state index in [4.69, 9.17) is 4.74 Å². The first-order chi connectivity index (χ1) is 8.52. The largest absolute Gasteiger partial charge is 0.432 e. The van der Waals surface area contributed by atoms with Crippen LogP contribution in [0, 0.1) is 5.82 Å². The van der Waals surface area contributed by atoms with Crippen LogP contribution in [0.3, 0.4) is 0 Å². The first-order valence-corrected chi connectivity index (χ1v) is 5.52. The van der Waals surface area contributed by atoms with Crippen LogP contribution >= 0.6 is 0 Å². The zero-order valence-corrected chi connectivity index (χ0v) is 10.3. The van der Waals surface area contributed by atoms with Gasteiger partial charge in [-0.3, -0.25) is 0 Å². The van der Waals surface area contributed by atoms with E-state index < -0.39 is 18.2 Å². The van der Waals surface area contributed by atoms with Gasteiger partial charge in [0.2, 0.25) is 0 Å². The second-order valence-corrected chi connectivity index (χ2v) is 3.85. The molecule has 1 aromatic rings. The number of methoxy groups -OCH3 is 1. The van der Waals surface area contributed by atoms with E-state index in [1.165, 1.54) is 12.1 Å². The van der Waals surface area contributed by atoms with Gasteiger partial charge in [-0.05, 0) is 25.5 Å². The second kappa shape index (κ2) is 7.10. The van der Waals surface area contributed by atoms with Crippen molar-refractivity contribution in [3.8, 4) is 5.75 Å². The van der Waals surface area contributed by atoms with Crippen molar-refractivity contribution < 1.29 is 22.6 Å². The summed E-state index contributed by atoms with van der Waals surface area (Å²) >= 11 is 0. The smallest absolute Gasteiger partial charge is 0.387 e. The fourth-order valence-electron chi connectivity index (χ4n) is 1.43. The zero-order chi connectivity index (χ0) is 13.5. The van der Waals surface area contributed by atoms with Crippen molar-refractivity contribution in [2.75, 3.05) is 19.0 Å². The van der Waals surface area contributed by atoms with Crippen molar-refractivity contribution >= 4 is 5.69 Å². The SMILES string of the molecule is COCCC(C)Nc1ccc(OC(F)F)c(F)c1. The Hall–Kier alpha value is -1.43. The second-order valence-electron chi connectivity index (χ2n) is 3.85. The molecule has 102 valence electrons. The molecule has 1 rings (SSSR count). The van der Waals surface area contributed by atoms with E-state index in [0.717, 1.165) is 12.5 Å². The maximum absolute atomic E-state index is 13.4. The van der Waals surface area contributed by atoms with E-state index in [1.807, 2.05) is 6.92 Å². The number of ether oxygens (including phenoxy) is 2. The molecule has 0 heterocycles. The van der Waals surface area contributed by atoms with Gasteiger partial charge in [-0.15, -0.1) is 0 Å². The molecule has 0 saturated heterocycles. The van der Waals surface area contributed by atoms with E-state index >= 15 is 0 Å². The highest BCUT2D eigenvalue weighted by Crippen LogP contribution is 2.23. The Morgan fingerprint density at radius 1 is 1.33 bits per heavy atom. The standard InChI is InChI=1S/C12H16F3NO2/c1-8(5-6-17-2)16-9-3-4-11(10(13)7-9)18-12(14)15/h3-4,7-8,12,16H,5-6H2,1-2H3. The quantitative estimate of drug-likeness (QED) is 0.819. The summed E-state index contributed by atoms with van der Waals surface area (Å²) in [5.41, 5.74) is 0.512. The molecule has 0 aliphatic rings. The van der Waals surface area contributed by atoms with Crippen LogP contribution in [-0.4, -0.2) is 26.4 Å². The first-order valence-electron chi connectivity index (χ1n) is 5.52. The van der Waals surface area contributed by atoms with E-state index in [0.29, 0.717) is 12.3 Å². The third-order valence-corrected chi connectivity index (χ3v) is 2.32. The lowest BCUT2D eigenvalue weighted by Crippen LogP contribution is -2.17. The molecule has 0 spiro atoms. The lowest BCUT2D eigenvalue weighted by molar-refractivity contribution is -0.0521. The van der Waals surface area contributed by atoms with Crippen LogP contribution in [-0.2, 0) is 4.74 Å². The van der Waals surface area contributed by atoms with Gasteiger partial charge in [0.1, 0.15) is 0 Å². The third kappa shape index (κ3) is 4.83. The molecule has 0 aliphatic carbocycles. The Kier molecular flexibility index (Phi) is 5.77. The van der Waals surface area contributed by atoms with Crippen molar-refractivity contribution in [3.63, 3.8) is 0 Å². The Labute approximate surface area is 104 Å². The number of rotatable bonds is 7. The average Bonchev–Trinajstić information content (AvgIpc) is 2.29. The van der Waals surface area contributed by atoms with Gasteiger partial charge in [-0.25, -0.2) is 4.39 Å². The van der Waals surface area contributed by atoms with Gasteiger partial charge in [0, 0.05) is 31.5 Å². The molecule has 0 bridgehead atoms. The van der Waals surface area contributed by atoms with Gasteiger partial charge in [0.15, 0.2) is 11.6 Å².